The van der Waals surface area contributed by atoms with Gasteiger partial charge >= 0.3 is 0 Å². The average Bonchev–Trinajstić information content (AvgIpc) is 2.98. The van der Waals surface area contributed by atoms with E-state index in [9.17, 15) is 13.2 Å². The number of nitrogens with zero attached hydrogens (tertiary/aromatic N) is 4. The van der Waals surface area contributed by atoms with Crippen LogP contribution in [0.15, 0.2) is 101 Å². The van der Waals surface area contributed by atoms with Gasteiger partial charge in [-0.05, 0) is 41.5 Å². The number of hydrogen-bond acceptors (Lipinski definition) is 8. The molecular formula is C29H27N5O6S. The van der Waals surface area contributed by atoms with Crippen molar-refractivity contribution in [3.8, 4) is 22.7 Å². The number of fused-ring (bicyclic) bond motifs is 1. The predicted octanol–water partition coefficient (Wildman–Crippen LogP) is 3.56. The van der Waals surface area contributed by atoms with E-state index in [1.54, 1.807) is 30.3 Å². The fourth-order valence-corrected chi connectivity index (χ4v) is 5.52. The number of sulfonamides is 1. The molecular weight excluding hydrogens is 546 g/mol. The molecule has 2 heterocycles. The molecule has 0 bridgehead atoms. The molecule has 41 heavy (non-hydrogen) atoms. The topological polar surface area (TPSA) is 158 Å². The summed E-state index contributed by atoms with van der Waals surface area (Å²) in [7, 11) is -1.08. The largest absolute Gasteiger partial charge is 0.483 e. The van der Waals surface area contributed by atoms with E-state index in [0.29, 0.717) is 27.7 Å². The van der Waals surface area contributed by atoms with E-state index in [4.69, 9.17) is 20.4 Å². The van der Waals surface area contributed by atoms with Crippen LogP contribution in [0.25, 0.3) is 27.7 Å². The highest BCUT2D eigenvalue weighted by molar-refractivity contribution is 7.89. The molecule has 0 spiro atoms. The van der Waals surface area contributed by atoms with Gasteiger partial charge in [-0.1, -0.05) is 54.6 Å². The van der Waals surface area contributed by atoms with E-state index in [-0.39, 0.29) is 35.3 Å². The van der Waals surface area contributed by atoms with Gasteiger partial charge in [0.05, 0.1) is 23.7 Å². The summed E-state index contributed by atoms with van der Waals surface area (Å²) in [5, 5.41) is 7.22. The zero-order chi connectivity index (χ0) is 29.6. The van der Waals surface area contributed by atoms with Crippen molar-refractivity contribution in [3.05, 3.63) is 107 Å². The van der Waals surface area contributed by atoms with Crippen molar-refractivity contribution < 1.29 is 23.1 Å². The molecule has 3 N–H and O–H groups in total. The van der Waals surface area contributed by atoms with Crippen LogP contribution in [0.5, 0.6) is 5.88 Å². The molecule has 5 rings (SSSR count). The molecule has 3 aromatic carbocycles. The van der Waals surface area contributed by atoms with Gasteiger partial charge in [0, 0.05) is 25.4 Å². The third-order valence-corrected chi connectivity index (χ3v) is 7.99. The lowest BCUT2D eigenvalue weighted by Crippen LogP contribution is -2.27. The SMILES string of the molecule is COc1ncc(-c2ccc3nc(N)n(-c4ccccc4)c(=O)c3c2)cc1S(=O)(=O)N(C)Cc1ccccc1.O=CO. The van der Waals surface area contributed by atoms with Gasteiger partial charge < -0.3 is 15.6 Å². The molecule has 0 radical (unpaired) electrons. The van der Waals surface area contributed by atoms with Gasteiger partial charge in [-0.3, -0.25) is 9.59 Å². The first-order chi connectivity index (χ1) is 19.7. The van der Waals surface area contributed by atoms with Crippen LogP contribution in [0.2, 0.25) is 0 Å². The zero-order valence-electron chi connectivity index (χ0n) is 22.2. The third kappa shape index (κ3) is 6.08. The van der Waals surface area contributed by atoms with Crippen molar-refractivity contribution in [1.82, 2.24) is 18.8 Å². The summed E-state index contributed by atoms with van der Waals surface area (Å²) >= 11 is 0. The smallest absolute Gasteiger partial charge is 0.290 e. The van der Waals surface area contributed by atoms with Crippen LogP contribution < -0.4 is 16.0 Å². The number of benzene rings is 3. The van der Waals surface area contributed by atoms with Crippen LogP contribution in [0, 0.1) is 0 Å². The summed E-state index contributed by atoms with van der Waals surface area (Å²) in [5.74, 6) is 0.0534. The lowest BCUT2D eigenvalue weighted by Gasteiger charge is -2.19. The van der Waals surface area contributed by atoms with Crippen molar-refractivity contribution in [1.29, 1.82) is 0 Å². The molecule has 0 aliphatic carbocycles. The van der Waals surface area contributed by atoms with Crippen molar-refractivity contribution in [2.75, 3.05) is 19.9 Å². The third-order valence-electron chi connectivity index (χ3n) is 6.19. The predicted molar refractivity (Wildman–Crippen MR) is 155 cm³/mol. The van der Waals surface area contributed by atoms with Crippen LogP contribution in [0.3, 0.4) is 0 Å². The molecule has 2 aromatic heterocycles. The number of nitrogen functional groups attached to an aromatic ring is 1. The minimum Gasteiger partial charge on any atom is -0.483 e. The average molecular weight is 574 g/mol. The molecule has 0 saturated carbocycles. The van der Waals surface area contributed by atoms with Crippen molar-refractivity contribution in [3.63, 3.8) is 0 Å². The highest BCUT2D eigenvalue weighted by Gasteiger charge is 2.27. The maximum atomic E-state index is 13.5. The maximum absolute atomic E-state index is 13.5. The van der Waals surface area contributed by atoms with E-state index in [1.807, 2.05) is 48.5 Å². The summed E-state index contributed by atoms with van der Waals surface area (Å²) in [6.07, 6.45) is 1.51. The fourth-order valence-electron chi connectivity index (χ4n) is 4.23. The molecule has 210 valence electrons. The van der Waals surface area contributed by atoms with Gasteiger partial charge in [0.25, 0.3) is 12.0 Å². The standard InChI is InChI=1S/C28H25N5O4S.CH2O2/c1-32(18-19-9-5-3-6-10-19)38(35,36)25-16-21(17-30-26(25)37-2)20-13-14-24-23(15-20)27(34)33(28(29)31-24)22-11-7-4-8-12-22;2-1-3/h3-17H,18H2,1-2H3,(H2,29,31);1H,(H,2,3). The monoisotopic (exact) mass is 573 g/mol. The summed E-state index contributed by atoms with van der Waals surface area (Å²) in [5.41, 5.74) is 8.74. The number of rotatable bonds is 7. The van der Waals surface area contributed by atoms with Gasteiger partial charge in [-0.25, -0.2) is 23.0 Å². The number of para-hydroxylation sites is 1. The molecule has 0 atom stereocenters. The van der Waals surface area contributed by atoms with Crippen LogP contribution in [0.4, 0.5) is 5.95 Å². The lowest BCUT2D eigenvalue weighted by molar-refractivity contribution is -0.122. The molecule has 11 nitrogen and oxygen atoms in total. The number of methoxy groups -OCH3 is 1. The second-order valence-corrected chi connectivity index (χ2v) is 10.8. The Morgan fingerprint density at radius 1 is 1.00 bits per heavy atom. The van der Waals surface area contributed by atoms with Crippen LogP contribution >= 0.6 is 0 Å². The van der Waals surface area contributed by atoms with Gasteiger partial charge in [0.2, 0.25) is 21.9 Å². The normalized spacial score (nSPS) is 11.1. The molecule has 0 unspecified atom stereocenters. The highest BCUT2D eigenvalue weighted by atomic mass is 32.2. The Morgan fingerprint density at radius 3 is 2.27 bits per heavy atom. The van der Waals surface area contributed by atoms with Gasteiger partial charge in [-0.15, -0.1) is 0 Å². The molecule has 0 aliphatic rings. The Labute approximate surface area is 236 Å². The van der Waals surface area contributed by atoms with E-state index >= 15 is 0 Å². The molecule has 0 aliphatic heterocycles. The van der Waals surface area contributed by atoms with Crippen molar-refractivity contribution in [2.45, 2.75) is 11.4 Å². The number of nitrogens with two attached hydrogens (primary N) is 1. The van der Waals surface area contributed by atoms with E-state index < -0.39 is 10.0 Å². The minimum atomic E-state index is -3.96. The zero-order valence-corrected chi connectivity index (χ0v) is 23.0. The molecule has 0 amide bonds. The number of aromatic nitrogens is 3. The van der Waals surface area contributed by atoms with E-state index in [0.717, 1.165) is 5.56 Å². The fraction of sp³-hybridized carbons (Fsp3) is 0.103. The van der Waals surface area contributed by atoms with Crippen LogP contribution in [-0.2, 0) is 21.4 Å². The second-order valence-electron chi connectivity index (χ2n) is 8.76. The molecule has 5 aromatic rings. The first kappa shape index (κ1) is 28.9. The first-order valence-corrected chi connectivity index (χ1v) is 13.7. The number of carbonyl (C=O) groups is 1. The Bertz CT molecular complexity index is 1850. The summed E-state index contributed by atoms with van der Waals surface area (Å²) < 4.78 is 35.0. The molecule has 0 fully saturated rings. The Balaban J connectivity index is 0.00000124. The number of ether oxygens (including phenoxy) is 1. The summed E-state index contributed by atoms with van der Waals surface area (Å²) in [4.78, 5) is 30.4. The quantitative estimate of drug-likeness (QED) is 0.278. The van der Waals surface area contributed by atoms with Crippen LogP contribution in [0.1, 0.15) is 5.56 Å². The maximum Gasteiger partial charge on any atom is 0.290 e. The molecule has 0 saturated heterocycles. The summed E-state index contributed by atoms with van der Waals surface area (Å²) in [6, 6.07) is 24.9. The Hall–Kier alpha value is -5.07. The van der Waals surface area contributed by atoms with E-state index in [1.165, 1.54) is 35.3 Å². The van der Waals surface area contributed by atoms with Crippen molar-refractivity contribution in [2.24, 2.45) is 0 Å². The number of anilines is 1. The van der Waals surface area contributed by atoms with Gasteiger partial charge in [-0.2, -0.15) is 4.31 Å². The minimum absolute atomic E-state index is 0.0182. The second kappa shape index (κ2) is 12.4. The number of carboxylic acid groups (broad SMARTS) is 1. The Morgan fingerprint density at radius 2 is 1.63 bits per heavy atom. The van der Waals surface area contributed by atoms with Gasteiger partial charge in [0.15, 0.2) is 0 Å². The Kier molecular flexibility index (Phi) is 8.75. The number of pyridine rings is 1. The van der Waals surface area contributed by atoms with Crippen molar-refractivity contribution >= 4 is 33.3 Å². The lowest BCUT2D eigenvalue weighted by atomic mass is 10.1. The van der Waals surface area contributed by atoms with Crippen LogP contribution in [-0.4, -0.2) is 53.0 Å². The van der Waals surface area contributed by atoms with Gasteiger partial charge in [0.1, 0.15) is 4.90 Å². The first-order valence-electron chi connectivity index (χ1n) is 12.2. The van der Waals surface area contributed by atoms with E-state index in [2.05, 4.69) is 9.97 Å². The number of hydrogen-bond donors (Lipinski definition) is 2. The molecule has 12 heteroatoms. The highest BCUT2D eigenvalue weighted by Crippen LogP contribution is 2.31. The summed E-state index contributed by atoms with van der Waals surface area (Å²) in [6.45, 7) is -0.0708.